The van der Waals surface area contributed by atoms with E-state index in [9.17, 15) is 9.59 Å². The van der Waals surface area contributed by atoms with Crippen LogP contribution in [-0.4, -0.2) is 36.0 Å². The summed E-state index contributed by atoms with van der Waals surface area (Å²) in [4.78, 5) is 26.5. The molecular weight excluding hydrogens is 334 g/mol. The fourth-order valence-electron chi connectivity index (χ4n) is 2.67. The summed E-state index contributed by atoms with van der Waals surface area (Å²) in [5, 5.41) is 0. The maximum Gasteiger partial charge on any atom is 0.332 e. The van der Waals surface area contributed by atoms with Gasteiger partial charge in [0.2, 0.25) is 0 Å². The number of halogens is 1. The van der Waals surface area contributed by atoms with E-state index in [1.165, 1.54) is 0 Å². The predicted molar refractivity (Wildman–Crippen MR) is 84.3 cm³/mol. The van der Waals surface area contributed by atoms with E-state index in [1.54, 1.807) is 18.9 Å². The number of carbonyl (C=O) groups excluding carboxylic acids is 2. The molecule has 0 unspecified atom stereocenters. The van der Waals surface area contributed by atoms with E-state index < -0.39 is 5.54 Å². The second kappa shape index (κ2) is 5.79. The van der Waals surface area contributed by atoms with E-state index in [0.29, 0.717) is 25.0 Å². The number of nitrogens with zero attached hydrogens (tertiary/aromatic N) is 1. The number of hydrogen-bond donors (Lipinski definition) is 0. The van der Waals surface area contributed by atoms with Crippen LogP contribution in [0.3, 0.4) is 0 Å². The summed E-state index contributed by atoms with van der Waals surface area (Å²) < 4.78 is 6.06. The van der Waals surface area contributed by atoms with Gasteiger partial charge in [-0.2, -0.15) is 0 Å². The molecule has 1 fully saturated rings. The molecule has 0 aliphatic heterocycles. The van der Waals surface area contributed by atoms with Crippen LogP contribution in [0.2, 0.25) is 0 Å². The molecule has 5 heteroatoms. The fraction of sp³-hybridized carbons (Fsp3) is 0.500. The Bertz CT molecular complexity index is 570. The van der Waals surface area contributed by atoms with Gasteiger partial charge in [-0.1, -0.05) is 15.9 Å². The summed E-state index contributed by atoms with van der Waals surface area (Å²) >= 11 is 3.43. The van der Waals surface area contributed by atoms with Crippen molar-refractivity contribution in [1.29, 1.82) is 0 Å². The van der Waals surface area contributed by atoms with Gasteiger partial charge in [-0.15, -0.1) is 0 Å². The van der Waals surface area contributed by atoms with Gasteiger partial charge in [-0.05, 0) is 56.9 Å². The molecule has 4 nitrogen and oxygen atoms in total. The smallest absolute Gasteiger partial charge is 0.332 e. The molecule has 1 aromatic rings. The monoisotopic (exact) mass is 353 g/mol. The van der Waals surface area contributed by atoms with Gasteiger partial charge < -0.3 is 9.64 Å². The van der Waals surface area contributed by atoms with Crippen molar-refractivity contribution in [1.82, 2.24) is 4.90 Å². The molecule has 0 radical (unpaired) electrons. The Morgan fingerprint density at radius 1 is 1.29 bits per heavy atom. The molecule has 1 aliphatic rings. The molecule has 1 aliphatic carbocycles. The number of ether oxygens (including phenoxy) is 1. The maximum absolute atomic E-state index is 12.8. The summed E-state index contributed by atoms with van der Waals surface area (Å²) in [7, 11) is 1.69. The van der Waals surface area contributed by atoms with E-state index in [2.05, 4.69) is 15.9 Å². The van der Waals surface area contributed by atoms with Crippen LogP contribution in [0.15, 0.2) is 16.6 Å². The van der Waals surface area contributed by atoms with Crippen molar-refractivity contribution in [2.24, 2.45) is 0 Å². The Morgan fingerprint density at radius 3 is 2.24 bits per heavy atom. The lowest BCUT2D eigenvalue weighted by atomic mass is 10.0. The standard InChI is InChI=1S/C16H20BrNO3/c1-5-21-15(20)16(6-7-16)18(4)14(19)13-10(2)8-12(17)9-11(13)3/h8-9H,5-7H2,1-4H3. The number of amides is 1. The average molecular weight is 354 g/mol. The molecule has 1 saturated carbocycles. The molecule has 0 spiro atoms. The van der Waals surface area contributed by atoms with Crippen LogP contribution in [0, 0.1) is 13.8 Å². The molecule has 0 heterocycles. The minimum absolute atomic E-state index is 0.122. The van der Waals surface area contributed by atoms with Gasteiger partial charge in [0.15, 0.2) is 0 Å². The number of aryl methyl sites for hydroxylation is 2. The summed E-state index contributed by atoms with van der Waals surface area (Å²) in [6.07, 6.45) is 1.34. The number of hydrogen-bond acceptors (Lipinski definition) is 3. The summed E-state index contributed by atoms with van der Waals surface area (Å²) in [6.45, 7) is 5.92. The Balaban J connectivity index is 2.31. The van der Waals surface area contributed by atoms with Crippen molar-refractivity contribution in [3.63, 3.8) is 0 Å². The molecule has 0 bridgehead atoms. The van der Waals surface area contributed by atoms with Crippen LogP contribution in [0.4, 0.5) is 0 Å². The Labute approximate surface area is 133 Å². The van der Waals surface area contributed by atoms with Crippen molar-refractivity contribution in [3.8, 4) is 0 Å². The maximum atomic E-state index is 12.8. The lowest BCUT2D eigenvalue weighted by Gasteiger charge is -2.27. The Hall–Kier alpha value is -1.36. The quantitative estimate of drug-likeness (QED) is 0.780. The van der Waals surface area contributed by atoms with Crippen molar-refractivity contribution in [3.05, 3.63) is 33.3 Å². The van der Waals surface area contributed by atoms with Gasteiger partial charge in [-0.3, -0.25) is 4.79 Å². The number of likely N-dealkylation sites (N-methyl/N-ethyl adjacent to an activating group) is 1. The van der Waals surface area contributed by atoms with Crippen LogP contribution in [0.5, 0.6) is 0 Å². The lowest BCUT2D eigenvalue weighted by Crippen LogP contribution is -2.46. The van der Waals surface area contributed by atoms with Crippen molar-refractivity contribution in [2.45, 2.75) is 39.2 Å². The van der Waals surface area contributed by atoms with Gasteiger partial charge in [0.25, 0.3) is 5.91 Å². The van der Waals surface area contributed by atoms with Crippen LogP contribution in [-0.2, 0) is 9.53 Å². The van der Waals surface area contributed by atoms with Crippen LogP contribution in [0.25, 0.3) is 0 Å². The highest BCUT2D eigenvalue weighted by Crippen LogP contribution is 2.43. The number of esters is 1. The van der Waals surface area contributed by atoms with E-state index in [4.69, 9.17) is 4.74 Å². The number of rotatable bonds is 4. The molecule has 0 aromatic heterocycles. The first-order chi connectivity index (χ1) is 9.83. The molecular formula is C16H20BrNO3. The molecule has 2 rings (SSSR count). The third-order valence-corrected chi connectivity index (χ3v) is 4.49. The zero-order valence-corrected chi connectivity index (χ0v) is 14.4. The molecule has 0 atom stereocenters. The van der Waals surface area contributed by atoms with Gasteiger partial charge in [0.05, 0.1) is 6.61 Å². The van der Waals surface area contributed by atoms with Crippen molar-refractivity contribution in [2.75, 3.05) is 13.7 Å². The molecule has 21 heavy (non-hydrogen) atoms. The van der Waals surface area contributed by atoms with E-state index in [0.717, 1.165) is 15.6 Å². The first-order valence-corrected chi connectivity index (χ1v) is 7.85. The molecule has 114 valence electrons. The average Bonchev–Trinajstić information content (AvgIpc) is 3.18. The van der Waals surface area contributed by atoms with Gasteiger partial charge >= 0.3 is 5.97 Å². The highest BCUT2D eigenvalue weighted by atomic mass is 79.9. The normalized spacial score (nSPS) is 15.5. The number of benzene rings is 1. The second-order valence-corrected chi connectivity index (χ2v) is 6.45. The third-order valence-electron chi connectivity index (χ3n) is 4.04. The van der Waals surface area contributed by atoms with Crippen molar-refractivity contribution >= 4 is 27.8 Å². The third kappa shape index (κ3) is 2.84. The van der Waals surface area contributed by atoms with E-state index >= 15 is 0 Å². The van der Waals surface area contributed by atoms with Gasteiger partial charge in [-0.25, -0.2) is 4.79 Å². The highest BCUT2D eigenvalue weighted by molar-refractivity contribution is 9.10. The minimum atomic E-state index is -0.765. The summed E-state index contributed by atoms with van der Waals surface area (Å²) in [5.41, 5.74) is 1.70. The lowest BCUT2D eigenvalue weighted by molar-refractivity contribution is -0.149. The SMILES string of the molecule is CCOC(=O)C1(N(C)C(=O)c2c(C)cc(Br)cc2C)CC1. The number of carbonyl (C=O) groups is 2. The summed E-state index contributed by atoms with van der Waals surface area (Å²) in [5.74, 6) is -0.420. The first-order valence-electron chi connectivity index (χ1n) is 7.05. The molecule has 0 N–H and O–H groups in total. The largest absolute Gasteiger partial charge is 0.464 e. The predicted octanol–water partition coefficient (Wildman–Crippen LogP) is 3.23. The zero-order valence-electron chi connectivity index (χ0n) is 12.8. The van der Waals surface area contributed by atoms with Crippen molar-refractivity contribution < 1.29 is 14.3 Å². The Kier molecular flexibility index (Phi) is 4.42. The highest BCUT2D eigenvalue weighted by Gasteiger charge is 2.56. The molecule has 1 aromatic carbocycles. The first kappa shape index (κ1) is 16.0. The zero-order chi connectivity index (χ0) is 15.8. The fourth-order valence-corrected chi connectivity index (χ4v) is 3.36. The van der Waals surface area contributed by atoms with Gasteiger partial charge in [0.1, 0.15) is 5.54 Å². The Morgan fingerprint density at radius 2 is 1.81 bits per heavy atom. The summed E-state index contributed by atoms with van der Waals surface area (Å²) in [6, 6.07) is 3.83. The van der Waals surface area contributed by atoms with E-state index in [-0.39, 0.29) is 11.9 Å². The van der Waals surface area contributed by atoms with Crippen LogP contribution >= 0.6 is 15.9 Å². The van der Waals surface area contributed by atoms with Crippen LogP contribution < -0.4 is 0 Å². The van der Waals surface area contributed by atoms with E-state index in [1.807, 2.05) is 26.0 Å². The topological polar surface area (TPSA) is 46.6 Å². The molecule has 1 amide bonds. The molecule has 0 saturated heterocycles. The second-order valence-electron chi connectivity index (χ2n) is 5.53. The minimum Gasteiger partial charge on any atom is -0.464 e. The van der Waals surface area contributed by atoms with Gasteiger partial charge in [0, 0.05) is 17.1 Å². The van der Waals surface area contributed by atoms with Crippen LogP contribution in [0.1, 0.15) is 41.3 Å².